The number of aromatic nitrogens is 2. The Bertz CT molecular complexity index is 787. The fourth-order valence-electron chi connectivity index (χ4n) is 1.53. The summed E-state index contributed by atoms with van der Waals surface area (Å²) in [5.41, 5.74) is 0.945. The van der Waals surface area contributed by atoms with Crippen LogP contribution >= 0.6 is 23.1 Å². The number of hydrogen-bond acceptors (Lipinski definition) is 6. The summed E-state index contributed by atoms with van der Waals surface area (Å²) < 4.78 is 56.5. The van der Waals surface area contributed by atoms with E-state index in [0.29, 0.717) is 15.1 Å². The molecular formula is C12H11F2N3O3S3. The van der Waals surface area contributed by atoms with E-state index in [4.69, 9.17) is 4.55 Å². The van der Waals surface area contributed by atoms with Crippen LogP contribution in [0.15, 0.2) is 40.8 Å². The van der Waals surface area contributed by atoms with Crippen LogP contribution in [0, 0.1) is 0 Å². The van der Waals surface area contributed by atoms with Gasteiger partial charge in [0.25, 0.3) is 6.08 Å². The van der Waals surface area contributed by atoms with E-state index in [1.54, 1.807) is 12.1 Å². The second-order valence-electron chi connectivity index (χ2n) is 4.16. The number of thioether (sulfide) groups is 1. The molecule has 1 heterocycles. The Labute approximate surface area is 139 Å². The minimum Gasteiger partial charge on any atom is -0.269 e. The zero-order valence-corrected chi connectivity index (χ0v) is 13.9. The van der Waals surface area contributed by atoms with Gasteiger partial charge in [-0.3, -0.25) is 9.27 Å². The summed E-state index contributed by atoms with van der Waals surface area (Å²) in [6.07, 6.45) is -0.588. The molecule has 0 aliphatic rings. The summed E-state index contributed by atoms with van der Waals surface area (Å²) in [5.74, 6) is 0.475. The molecule has 11 heteroatoms. The lowest BCUT2D eigenvalue weighted by molar-refractivity contribution is 0.418. The van der Waals surface area contributed by atoms with Crippen molar-refractivity contribution in [1.82, 2.24) is 10.2 Å². The summed E-state index contributed by atoms with van der Waals surface area (Å²) in [6, 6.07) is 6.21. The van der Waals surface area contributed by atoms with E-state index in [9.17, 15) is 17.2 Å². The Balaban J connectivity index is 1.98. The van der Waals surface area contributed by atoms with Gasteiger partial charge in [0.1, 0.15) is 5.01 Å². The third kappa shape index (κ3) is 6.22. The van der Waals surface area contributed by atoms with E-state index < -0.39 is 16.4 Å². The van der Waals surface area contributed by atoms with Crippen molar-refractivity contribution in [2.75, 3.05) is 10.5 Å². The van der Waals surface area contributed by atoms with Gasteiger partial charge in [-0.25, -0.2) is 0 Å². The second-order valence-corrected chi connectivity index (χ2v) is 7.63. The predicted molar refractivity (Wildman–Crippen MR) is 86.2 cm³/mol. The monoisotopic (exact) mass is 379 g/mol. The lowest BCUT2D eigenvalue weighted by atomic mass is 10.2. The van der Waals surface area contributed by atoms with Crippen molar-refractivity contribution in [1.29, 1.82) is 0 Å². The minimum atomic E-state index is -4.31. The average Bonchev–Trinajstić information content (AvgIpc) is 2.91. The van der Waals surface area contributed by atoms with Gasteiger partial charge >= 0.3 is 10.3 Å². The molecule has 2 N–H and O–H groups in total. The Morgan fingerprint density at radius 1 is 1.30 bits per heavy atom. The van der Waals surface area contributed by atoms with Crippen molar-refractivity contribution in [2.24, 2.45) is 0 Å². The molecule has 0 saturated heterocycles. The molecule has 6 nitrogen and oxygen atoms in total. The third-order valence-electron chi connectivity index (χ3n) is 2.43. The van der Waals surface area contributed by atoms with Crippen LogP contribution in [0.3, 0.4) is 0 Å². The van der Waals surface area contributed by atoms with E-state index >= 15 is 0 Å². The molecular weight excluding hydrogens is 368 g/mol. The van der Waals surface area contributed by atoms with Crippen molar-refractivity contribution in [2.45, 2.75) is 10.8 Å². The van der Waals surface area contributed by atoms with E-state index in [1.807, 2.05) is 4.72 Å². The van der Waals surface area contributed by atoms with Gasteiger partial charge in [-0.05, 0) is 36.8 Å². The highest BCUT2D eigenvalue weighted by Gasteiger charge is 2.08. The molecule has 2 aromatic rings. The number of allylic oxidation sites excluding steroid dienone is 1. The average molecular weight is 379 g/mol. The number of anilines is 1. The van der Waals surface area contributed by atoms with Crippen LogP contribution in [0.25, 0.3) is 10.6 Å². The first-order chi connectivity index (χ1) is 10.8. The van der Waals surface area contributed by atoms with Crippen LogP contribution in [0.1, 0.15) is 6.42 Å². The number of halogens is 2. The van der Waals surface area contributed by atoms with E-state index in [-0.39, 0.29) is 12.1 Å². The van der Waals surface area contributed by atoms with Crippen molar-refractivity contribution in [3.05, 3.63) is 36.4 Å². The topological polar surface area (TPSA) is 92.2 Å². The van der Waals surface area contributed by atoms with Crippen LogP contribution in [0.5, 0.6) is 0 Å². The van der Waals surface area contributed by atoms with E-state index in [2.05, 4.69) is 10.2 Å². The highest BCUT2D eigenvalue weighted by molar-refractivity contribution is 8.01. The van der Waals surface area contributed by atoms with Crippen LogP contribution in [0.2, 0.25) is 0 Å². The fourth-order valence-corrected chi connectivity index (χ4v) is 3.78. The molecule has 0 spiro atoms. The van der Waals surface area contributed by atoms with Crippen LogP contribution in [-0.2, 0) is 10.3 Å². The smallest absolute Gasteiger partial charge is 0.269 e. The quantitative estimate of drug-likeness (QED) is 0.433. The molecule has 0 fully saturated rings. The first-order valence-electron chi connectivity index (χ1n) is 6.16. The lowest BCUT2D eigenvalue weighted by Gasteiger charge is -2.02. The molecule has 0 bridgehead atoms. The summed E-state index contributed by atoms with van der Waals surface area (Å²) >= 11 is 2.64. The molecule has 124 valence electrons. The first kappa shape index (κ1) is 17.8. The normalized spacial score (nSPS) is 11.3. The largest absolute Gasteiger partial charge is 0.357 e. The van der Waals surface area contributed by atoms with Crippen LogP contribution in [-0.4, -0.2) is 28.9 Å². The number of nitrogens with zero attached hydrogens (tertiary/aromatic N) is 2. The standard InChI is InChI=1S/C12H11F2N3O3S3/c13-10(14)2-1-7-21-12-16-15-11(22-12)8-3-5-9(6-4-8)17-23(18,19)20/h2-6,17H,1,7H2,(H,18,19,20). The van der Waals surface area contributed by atoms with Gasteiger partial charge in [-0.15, -0.1) is 10.2 Å². The Morgan fingerprint density at radius 3 is 2.61 bits per heavy atom. The van der Waals surface area contributed by atoms with Gasteiger partial charge in [-0.2, -0.15) is 17.2 Å². The van der Waals surface area contributed by atoms with Crippen molar-refractivity contribution in [3.8, 4) is 10.6 Å². The van der Waals surface area contributed by atoms with Gasteiger partial charge in [0.2, 0.25) is 0 Å². The summed E-state index contributed by atoms with van der Waals surface area (Å²) in [6.45, 7) is 0. The molecule has 0 amide bonds. The van der Waals surface area contributed by atoms with Gasteiger partial charge in [-0.1, -0.05) is 23.1 Å². The molecule has 1 aromatic heterocycles. The van der Waals surface area contributed by atoms with Crippen molar-refractivity contribution in [3.63, 3.8) is 0 Å². The highest BCUT2D eigenvalue weighted by Crippen LogP contribution is 2.30. The number of hydrogen-bond donors (Lipinski definition) is 2. The molecule has 0 unspecified atom stereocenters. The maximum absolute atomic E-state index is 11.9. The molecule has 0 aliphatic carbocycles. The third-order valence-corrected chi connectivity index (χ3v) is 5.06. The fraction of sp³-hybridized carbons (Fsp3) is 0.167. The first-order valence-corrected chi connectivity index (χ1v) is 9.41. The lowest BCUT2D eigenvalue weighted by Crippen LogP contribution is -2.09. The highest BCUT2D eigenvalue weighted by atomic mass is 32.2. The van der Waals surface area contributed by atoms with Crippen LogP contribution < -0.4 is 4.72 Å². The van der Waals surface area contributed by atoms with Gasteiger partial charge < -0.3 is 0 Å². The zero-order chi connectivity index (χ0) is 16.9. The van der Waals surface area contributed by atoms with Gasteiger partial charge in [0, 0.05) is 11.3 Å². The zero-order valence-electron chi connectivity index (χ0n) is 11.4. The van der Waals surface area contributed by atoms with E-state index in [1.165, 1.54) is 35.2 Å². The maximum atomic E-state index is 11.9. The number of nitrogens with one attached hydrogen (secondary N) is 1. The summed E-state index contributed by atoms with van der Waals surface area (Å²) in [4.78, 5) is 0. The van der Waals surface area contributed by atoms with Gasteiger partial charge in [0.05, 0.1) is 5.69 Å². The minimum absolute atomic E-state index is 0.218. The predicted octanol–water partition coefficient (Wildman–Crippen LogP) is 3.68. The summed E-state index contributed by atoms with van der Waals surface area (Å²) in [5, 5.41) is 8.59. The molecule has 23 heavy (non-hydrogen) atoms. The Morgan fingerprint density at radius 2 is 2.00 bits per heavy atom. The SMILES string of the molecule is O=S(=O)(O)Nc1ccc(-c2nnc(SCCC=C(F)F)s2)cc1. The Kier molecular flexibility index (Phi) is 6.04. The molecule has 2 rings (SSSR count). The Hall–Kier alpha value is -1.56. The van der Waals surface area contributed by atoms with Gasteiger partial charge in [0.15, 0.2) is 4.34 Å². The number of rotatable bonds is 7. The maximum Gasteiger partial charge on any atom is 0.357 e. The molecule has 0 radical (unpaired) electrons. The second kappa shape index (κ2) is 7.81. The molecule has 0 saturated carbocycles. The van der Waals surface area contributed by atoms with Crippen molar-refractivity contribution >= 4 is 39.1 Å². The van der Waals surface area contributed by atoms with Crippen molar-refractivity contribution < 1.29 is 21.8 Å². The molecule has 1 aromatic carbocycles. The summed E-state index contributed by atoms with van der Waals surface area (Å²) in [7, 11) is -4.31. The molecule has 0 aliphatic heterocycles. The number of benzene rings is 1. The molecule has 0 atom stereocenters. The van der Waals surface area contributed by atoms with Crippen LogP contribution in [0.4, 0.5) is 14.5 Å². The van der Waals surface area contributed by atoms with E-state index in [0.717, 1.165) is 11.6 Å².